The van der Waals surface area contributed by atoms with E-state index in [0.717, 1.165) is 18.5 Å². The highest BCUT2D eigenvalue weighted by Crippen LogP contribution is 2.37. The number of nitrogens with one attached hydrogen (secondary N) is 1. The molecule has 2 aromatic heterocycles. The molecule has 1 N–H and O–H groups in total. The van der Waals surface area contributed by atoms with Crippen LogP contribution in [0.4, 0.5) is 22.0 Å². The minimum Gasteiger partial charge on any atom is -0.415 e. The smallest absolute Gasteiger partial charge is 0.415 e. The first-order valence-electron chi connectivity index (χ1n) is 6.17. The van der Waals surface area contributed by atoms with Crippen molar-refractivity contribution >= 4 is 10.9 Å². The Hall–Kier alpha value is -2.78. The van der Waals surface area contributed by atoms with Crippen molar-refractivity contribution in [1.29, 1.82) is 0 Å². The van der Waals surface area contributed by atoms with Gasteiger partial charge in [0.15, 0.2) is 0 Å². The molecule has 10 heteroatoms. The van der Waals surface area contributed by atoms with Gasteiger partial charge in [-0.1, -0.05) is 6.07 Å². The molecule has 120 valence electrons. The number of halogens is 5. The fourth-order valence-corrected chi connectivity index (χ4v) is 2.10. The molecule has 0 saturated carbocycles. The topological polar surface area (TPSA) is 63.7 Å². The van der Waals surface area contributed by atoms with Crippen molar-refractivity contribution in [3.63, 3.8) is 0 Å². The molecule has 0 spiro atoms. The number of aromatic nitrogens is 4. The summed E-state index contributed by atoms with van der Waals surface area (Å²) in [7, 11) is 0. The number of aromatic amines is 1. The Bertz CT molecular complexity index is 828. The maximum Gasteiger partial charge on any atom is 0.418 e. The summed E-state index contributed by atoms with van der Waals surface area (Å²) in [5, 5.41) is 6.11. The summed E-state index contributed by atoms with van der Waals surface area (Å²) in [6, 6.07) is 2.11. The Morgan fingerprint density at radius 3 is 2.43 bits per heavy atom. The lowest BCUT2D eigenvalue weighted by atomic mass is 10.0. The summed E-state index contributed by atoms with van der Waals surface area (Å²) in [4.78, 5) is 7.52. The number of alkyl halides is 5. The molecule has 3 rings (SSSR count). The van der Waals surface area contributed by atoms with Crippen molar-refractivity contribution in [2.24, 2.45) is 0 Å². The van der Waals surface area contributed by atoms with Crippen LogP contribution in [-0.2, 0) is 6.18 Å². The van der Waals surface area contributed by atoms with E-state index < -0.39 is 18.4 Å². The van der Waals surface area contributed by atoms with Crippen molar-refractivity contribution in [3.05, 3.63) is 36.3 Å². The largest absolute Gasteiger partial charge is 0.418 e. The average molecular weight is 330 g/mol. The van der Waals surface area contributed by atoms with E-state index in [1.165, 1.54) is 12.3 Å². The van der Waals surface area contributed by atoms with Gasteiger partial charge < -0.3 is 4.74 Å². The zero-order chi connectivity index (χ0) is 16.6. The van der Waals surface area contributed by atoms with Gasteiger partial charge in [-0.15, -0.1) is 0 Å². The van der Waals surface area contributed by atoms with Gasteiger partial charge in [0.05, 0.1) is 35.4 Å². The van der Waals surface area contributed by atoms with E-state index in [-0.39, 0.29) is 22.5 Å². The van der Waals surface area contributed by atoms with Gasteiger partial charge in [0.1, 0.15) is 0 Å². The lowest BCUT2D eigenvalue weighted by Crippen LogP contribution is -2.06. The zero-order valence-corrected chi connectivity index (χ0v) is 11.1. The maximum atomic E-state index is 12.9. The van der Waals surface area contributed by atoms with Crippen LogP contribution in [0.5, 0.6) is 5.88 Å². The lowest BCUT2D eigenvalue weighted by Gasteiger charge is -2.10. The third-order valence-electron chi connectivity index (χ3n) is 3.03. The normalized spacial score (nSPS) is 12.1. The van der Waals surface area contributed by atoms with Crippen LogP contribution in [0, 0.1) is 0 Å². The number of ether oxygens (including phenoxy) is 1. The maximum absolute atomic E-state index is 12.9. The molecule has 0 aliphatic rings. The van der Waals surface area contributed by atoms with Crippen molar-refractivity contribution in [1.82, 2.24) is 20.2 Å². The molecule has 2 heterocycles. The first-order valence-corrected chi connectivity index (χ1v) is 6.17. The van der Waals surface area contributed by atoms with E-state index in [9.17, 15) is 22.0 Å². The van der Waals surface area contributed by atoms with E-state index >= 15 is 0 Å². The number of H-pyrrole nitrogens is 1. The SMILES string of the molecule is FC(F)Oc1cnc(-c2ccc(C(F)(F)F)c3[nH]ncc23)cn1. The second-order valence-electron chi connectivity index (χ2n) is 4.44. The van der Waals surface area contributed by atoms with E-state index in [4.69, 9.17) is 0 Å². The van der Waals surface area contributed by atoms with Crippen LogP contribution in [0.2, 0.25) is 0 Å². The van der Waals surface area contributed by atoms with Crippen LogP contribution >= 0.6 is 0 Å². The van der Waals surface area contributed by atoms with E-state index in [1.54, 1.807) is 0 Å². The molecule has 3 aromatic rings. The highest BCUT2D eigenvalue weighted by atomic mass is 19.4. The fraction of sp³-hybridized carbons (Fsp3) is 0.154. The number of rotatable bonds is 3. The number of fused-ring (bicyclic) bond motifs is 1. The van der Waals surface area contributed by atoms with Crippen LogP contribution in [-0.4, -0.2) is 26.8 Å². The highest BCUT2D eigenvalue weighted by Gasteiger charge is 2.33. The van der Waals surface area contributed by atoms with Crippen LogP contribution < -0.4 is 4.74 Å². The first kappa shape index (κ1) is 15.1. The van der Waals surface area contributed by atoms with Crippen LogP contribution in [0.3, 0.4) is 0 Å². The monoisotopic (exact) mass is 330 g/mol. The molecule has 0 bridgehead atoms. The third kappa shape index (κ3) is 2.91. The molecule has 0 amide bonds. The zero-order valence-electron chi connectivity index (χ0n) is 11.1. The van der Waals surface area contributed by atoms with Crippen LogP contribution in [0.25, 0.3) is 22.2 Å². The molecule has 23 heavy (non-hydrogen) atoms. The Balaban J connectivity index is 2.06. The minimum atomic E-state index is -4.54. The summed E-state index contributed by atoms with van der Waals surface area (Å²) >= 11 is 0. The number of benzene rings is 1. The summed E-state index contributed by atoms with van der Waals surface area (Å²) in [6.07, 6.45) is -1.22. The molecule has 5 nitrogen and oxygen atoms in total. The number of hydrogen-bond donors (Lipinski definition) is 1. The van der Waals surface area contributed by atoms with E-state index in [2.05, 4.69) is 24.9 Å². The summed E-state index contributed by atoms with van der Waals surface area (Å²) in [6.45, 7) is -3.04. The molecule has 0 radical (unpaired) electrons. The summed E-state index contributed by atoms with van der Waals surface area (Å²) < 4.78 is 67.0. The van der Waals surface area contributed by atoms with Gasteiger partial charge in [0.2, 0.25) is 5.88 Å². The minimum absolute atomic E-state index is 0.190. The standard InChI is InChI=1S/C13H7F5N4O/c14-12(15)23-10-5-19-9(4-20-10)6-1-2-8(13(16,17)18)11-7(6)3-21-22-11/h1-5,12H,(H,21,22). The number of nitrogens with zero attached hydrogens (tertiary/aromatic N) is 3. The second kappa shape index (κ2) is 5.45. The van der Waals surface area contributed by atoms with Gasteiger partial charge >= 0.3 is 12.8 Å². The van der Waals surface area contributed by atoms with Gasteiger partial charge in [0, 0.05) is 10.9 Å². The highest BCUT2D eigenvalue weighted by molar-refractivity contribution is 5.95. The van der Waals surface area contributed by atoms with E-state index in [1.807, 2.05) is 0 Å². The molecular weight excluding hydrogens is 323 g/mol. The van der Waals surface area contributed by atoms with E-state index in [0.29, 0.717) is 5.56 Å². The third-order valence-corrected chi connectivity index (χ3v) is 3.03. The van der Waals surface area contributed by atoms with Gasteiger partial charge in [0.25, 0.3) is 0 Å². The Kier molecular flexibility index (Phi) is 3.58. The molecule has 0 fully saturated rings. The summed E-state index contributed by atoms with van der Waals surface area (Å²) in [5.41, 5.74) is -0.520. The fourth-order valence-electron chi connectivity index (χ4n) is 2.10. The second-order valence-corrected chi connectivity index (χ2v) is 4.44. The molecule has 0 aliphatic heterocycles. The van der Waals surface area contributed by atoms with Gasteiger partial charge in [-0.25, -0.2) is 9.97 Å². The Morgan fingerprint density at radius 2 is 1.83 bits per heavy atom. The Labute approximate surface area is 125 Å². The predicted molar refractivity (Wildman–Crippen MR) is 68.8 cm³/mol. The van der Waals surface area contributed by atoms with Gasteiger partial charge in [-0.05, 0) is 6.07 Å². The molecule has 0 unspecified atom stereocenters. The predicted octanol–water partition coefficient (Wildman–Crippen LogP) is 3.64. The van der Waals surface area contributed by atoms with Gasteiger partial charge in [-0.3, -0.25) is 5.10 Å². The van der Waals surface area contributed by atoms with Crippen LogP contribution in [0.1, 0.15) is 5.56 Å². The molecular formula is C13H7F5N4O. The van der Waals surface area contributed by atoms with Crippen molar-refractivity contribution in [2.75, 3.05) is 0 Å². The number of hydrogen-bond acceptors (Lipinski definition) is 4. The lowest BCUT2D eigenvalue weighted by molar-refractivity contribution is -0.136. The van der Waals surface area contributed by atoms with Crippen molar-refractivity contribution in [2.45, 2.75) is 12.8 Å². The van der Waals surface area contributed by atoms with Crippen molar-refractivity contribution in [3.8, 4) is 17.1 Å². The van der Waals surface area contributed by atoms with Crippen molar-refractivity contribution < 1.29 is 26.7 Å². The van der Waals surface area contributed by atoms with Crippen LogP contribution in [0.15, 0.2) is 30.7 Å². The van der Waals surface area contributed by atoms with Gasteiger partial charge in [-0.2, -0.15) is 27.1 Å². The first-order chi connectivity index (χ1) is 10.9. The molecule has 0 atom stereocenters. The average Bonchev–Trinajstić information content (AvgIpc) is 2.94. The summed E-state index contributed by atoms with van der Waals surface area (Å²) in [5.74, 6) is -0.390. The quantitative estimate of drug-likeness (QED) is 0.745. The molecule has 1 aromatic carbocycles. The Morgan fingerprint density at radius 1 is 1.04 bits per heavy atom. The molecule has 0 aliphatic carbocycles. The molecule has 0 saturated heterocycles.